The monoisotopic (exact) mass is 483 g/mol. The van der Waals surface area contributed by atoms with E-state index in [-0.39, 0.29) is 24.0 Å². The first-order valence-electron chi connectivity index (χ1n) is 9.33. The summed E-state index contributed by atoms with van der Waals surface area (Å²) in [7, 11) is 1.81. The van der Waals surface area contributed by atoms with Gasteiger partial charge < -0.3 is 15.5 Å². The maximum Gasteiger partial charge on any atom is 0.191 e. The molecule has 2 N–H and O–H groups in total. The van der Waals surface area contributed by atoms with Gasteiger partial charge in [-0.3, -0.25) is 9.56 Å². The standard InChI is InChI=1S/C19H29N7.HI/c1-15(2)25-11-9-16(10-12-25)23-19(20-3)21-13-18-24-22-14-26(18)17-7-5-4-6-8-17;/h4-8,14-16H,9-13H2,1-3H3,(H2,20,21,23);1H. The lowest BCUT2D eigenvalue weighted by atomic mass is 10.0. The molecule has 1 fully saturated rings. The summed E-state index contributed by atoms with van der Waals surface area (Å²) in [6, 6.07) is 11.2. The van der Waals surface area contributed by atoms with Crippen molar-refractivity contribution in [1.82, 2.24) is 30.3 Å². The van der Waals surface area contributed by atoms with E-state index in [1.165, 1.54) is 0 Å². The summed E-state index contributed by atoms with van der Waals surface area (Å²) in [5, 5.41) is 15.2. The molecule has 0 amide bonds. The Morgan fingerprint density at radius 3 is 2.56 bits per heavy atom. The molecule has 0 bridgehead atoms. The van der Waals surface area contributed by atoms with E-state index in [1.54, 1.807) is 13.4 Å². The Morgan fingerprint density at radius 2 is 1.93 bits per heavy atom. The number of halogens is 1. The molecule has 0 atom stereocenters. The highest BCUT2D eigenvalue weighted by Crippen LogP contribution is 2.13. The fourth-order valence-corrected chi connectivity index (χ4v) is 3.29. The Labute approximate surface area is 178 Å². The van der Waals surface area contributed by atoms with E-state index in [0.717, 1.165) is 43.4 Å². The zero-order valence-corrected chi connectivity index (χ0v) is 18.6. The molecular formula is C19H30IN7. The summed E-state index contributed by atoms with van der Waals surface area (Å²) in [5.41, 5.74) is 1.05. The number of nitrogens with zero attached hydrogens (tertiary/aromatic N) is 5. The summed E-state index contributed by atoms with van der Waals surface area (Å²) in [5.74, 6) is 1.67. The van der Waals surface area contributed by atoms with Crippen LogP contribution in [0, 0.1) is 0 Å². The van der Waals surface area contributed by atoms with Crippen LogP contribution in [0.15, 0.2) is 41.7 Å². The van der Waals surface area contributed by atoms with Gasteiger partial charge in [-0.2, -0.15) is 0 Å². The van der Waals surface area contributed by atoms with Crippen LogP contribution >= 0.6 is 24.0 Å². The number of aliphatic imine (C=N–C) groups is 1. The van der Waals surface area contributed by atoms with Crippen molar-refractivity contribution in [3.05, 3.63) is 42.5 Å². The van der Waals surface area contributed by atoms with Crippen LogP contribution in [0.25, 0.3) is 5.69 Å². The maximum absolute atomic E-state index is 4.36. The van der Waals surface area contributed by atoms with Gasteiger partial charge in [0, 0.05) is 37.9 Å². The van der Waals surface area contributed by atoms with Gasteiger partial charge >= 0.3 is 0 Å². The number of nitrogens with one attached hydrogen (secondary N) is 2. The molecule has 27 heavy (non-hydrogen) atoms. The largest absolute Gasteiger partial charge is 0.354 e. The van der Waals surface area contributed by atoms with Crippen molar-refractivity contribution in [3.8, 4) is 5.69 Å². The van der Waals surface area contributed by atoms with Crippen LogP contribution in [0.3, 0.4) is 0 Å². The molecule has 2 heterocycles. The number of piperidine rings is 1. The van der Waals surface area contributed by atoms with Crippen LogP contribution in [0.4, 0.5) is 0 Å². The average Bonchev–Trinajstić information content (AvgIpc) is 3.14. The highest BCUT2D eigenvalue weighted by molar-refractivity contribution is 14.0. The topological polar surface area (TPSA) is 70.4 Å². The van der Waals surface area contributed by atoms with Crippen molar-refractivity contribution in [3.63, 3.8) is 0 Å². The Hall–Kier alpha value is -1.68. The average molecular weight is 483 g/mol. The first-order chi connectivity index (χ1) is 12.7. The highest BCUT2D eigenvalue weighted by Gasteiger charge is 2.21. The summed E-state index contributed by atoms with van der Waals surface area (Å²) in [4.78, 5) is 6.89. The van der Waals surface area contributed by atoms with E-state index in [2.05, 4.69) is 44.6 Å². The second-order valence-electron chi connectivity index (χ2n) is 6.93. The Bertz CT molecular complexity index is 706. The second kappa shape index (κ2) is 10.6. The van der Waals surface area contributed by atoms with E-state index in [0.29, 0.717) is 18.6 Å². The number of likely N-dealkylation sites (tertiary alicyclic amines) is 1. The lowest BCUT2D eigenvalue weighted by molar-refractivity contribution is 0.167. The van der Waals surface area contributed by atoms with Gasteiger partial charge in [-0.25, -0.2) is 0 Å². The molecule has 3 rings (SSSR count). The van der Waals surface area contributed by atoms with E-state index in [4.69, 9.17) is 0 Å². The van der Waals surface area contributed by atoms with Crippen molar-refractivity contribution in [2.24, 2.45) is 4.99 Å². The minimum atomic E-state index is 0. The number of benzene rings is 1. The number of para-hydroxylation sites is 1. The van der Waals surface area contributed by atoms with E-state index in [9.17, 15) is 0 Å². The fraction of sp³-hybridized carbons (Fsp3) is 0.526. The van der Waals surface area contributed by atoms with Gasteiger partial charge in [-0.15, -0.1) is 34.2 Å². The minimum absolute atomic E-state index is 0. The second-order valence-corrected chi connectivity index (χ2v) is 6.93. The number of rotatable bonds is 5. The summed E-state index contributed by atoms with van der Waals surface area (Å²) < 4.78 is 1.99. The predicted molar refractivity (Wildman–Crippen MR) is 120 cm³/mol. The third-order valence-electron chi connectivity index (χ3n) is 4.89. The SMILES string of the molecule is CN=C(NCc1nncn1-c1ccccc1)NC1CCN(C(C)C)CC1.I. The smallest absolute Gasteiger partial charge is 0.191 e. The minimum Gasteiger partial charge on any atom is -0.354 e. The van der Waals surface area contributed by atoms with Crippen LogP contribution < -0.4 is 10.6 Å². The van der Waals surface area contributed by atoms with Gasteiger partial charge in [-0.1, -0.05) is 18.2 Å². The van der Waals surface area contributed by atoms with Gasteiger partial charge in [0.25, 0.3) is 0 Å². The van der Waals surface area contributed by atoms with Crippen molar-refractivity contribution < 1.29 is 0 Å². The third kappa shape index (κ3) is 5.90. The van der Waals surface area contributed by atoms with Gasteiger partial charge in [0.1, 0.15) is 6.33 Å². The quantitative estimate of drug-likeness (QED) is 0.389. The van der Waals surface area contributed by atoms with Crippen molar-refractivity contribution >= 4 is 29.9 Å². The molecular weight excluding hydrogens is 453 g/mol. The molecule has 8 heteroatoms. The van der Waals surface area contributed by atoms with Crippen LogP contribution in [0.5, 0.6) is 0 Å². The first-order valence-corrected chi connectivity index (χ1v) is 9.33. The molecule has 1 aliphatic rings. The number of guanidine groups is 1. The number of aromatic nitrogens is 3. The van der Waals surface area contributed by atoms with E-state index in [1.807, 2.05) is 34.9 Å². The van der Waals surface area contributed by atoms with Crippen molar-refractivity contribution in [1.29, 1.82) is 0 Å². The van der Waals surface area contributed by atoms with Crippen molar-refractivity contribution in [2.45, 2.75) is 45.3 Å². The molecule has 0 aliphatic carbocycles. The van der Waals surface area contributed by atoms with Gasteiger partial charge in [0.05, 0.1) is 6.54 Å². The normalized spacial score (nSPS) is 16.2. The molecule has 1 saturated heterocycles. The number of hydrogen-bond donors (Lipinski definition) is 2. The van der Waals surface area contributed by atoms with Crippen LogP contribution in [0.1, 0.15) is 32.5 Å². The number of hydrogen-bond acceptors (Lipinski definition) is 4. The Kier molecular flexibility index (Phi) is 8.49. The van der Waals surface area contributed by atoms with Crippen LogP contribution in [-0.4, -0.2) is 57.8 Å². The summed E-state index contributed by atoms with van der Waals surface area (Å²) in [6.45, 7) is 7.36. The van der Waals surface area contributed by atoms with E-state index < -0.39 is 0 Å². The van der Waals surface area contributed by atoms with E-state index >= 15 is 0 Å². The lowest BCUT2D eigenvalue weighted by Gasteiger charge is -2.35. The summed E-state index contributed by atoms with van der Waals surface area (Å²) in [6.07, 6.45) is 4.02. The highest BCUT2D eigenvalue weighted by atomic mass is 127. The molecule has 1 aromatic heterocycles. The summed E-state index contributed by atoms with van der Waals surface area (Å²) >= 11 is 0. The Balaban J connectivity index is 0.00000261. The van der Waals surface area contributed by atoms with Gasteiger partial charge in [-0.05, 0) is 38.8 Å². The lowest BCUT2D eigenvalue weighted by Crippen LogP contribution is -2.49. The zero-order valence-electron chi connectivity index (χ0n) is 16.3. The Morgan fingerprint density at radius 1 is 1.22 bits per heavy atom. The molecule has 1 aromatic carbocycles. The maximum atomic E-state index is 4.36. The molecule has 0 radical (unpaired) electrons. The van der Waals surface area contributed by atoms with Crippen molar-refractivity contribution in [2.75, 3.05) is 20.1 Å². The third-order valence-corrected chi connectivity index (χ3v) is 4.89. The predicted octanol–water partition coefficient (Wildman–Crippen LogP) is 2.42. The molecule has 0 spiro atoms. The fourth-order valence-electron chi connectivity index (χ4n) is 3.29. The molecule has 0 saturated carbocycles. The molecule has 7 nitrogen and oxygen atoms in total. The van der Waals surface area contributed by atoms with Crippen LogP contribution in [-0.2, 0) is 6.54 Å². The molecule has 2 aromatic rings. The zero-order chi connectivity index (χ0) is 18.4. The van der Waals surface area contributed by atoms with Crippen LogP contribution in [0.2, 0.25) is 0 Å². The first kappa shape index (κ1) is 21.6. The molecule has 1 aliphatic heterocycles. The van der Waals surface area contributed by atoms with Gasteiger partial charge in [0.2, 0.25) is 0 Å². The van der Waals surface area contributed by atoms with Gasteiger partial charge in [0.15, 0.2) is 11.8 Å². The molecule has 148 valence electrons. The molecule has 0 unspecified atom stereocenters.